The molecule has 0 aromatic heterocycles. The maximum atomic E-state index is 12.9. The number of sulfonamides is 1. The van der Waals surface area contributed by atoms with Crippen LogP contribution in [0.3, 0.4) is 0 Å². The van der Waals surface area contributed by atoms with Crippen LogP contribution in [0.5, 0.6) is 0 Å². The van der Waals surface area contributed by atoms with Crippen LogP contribution in [0.25, 0.3) is 16.8 Å². The second-order valence-electron chi connectivity index (χ2n) is 10.8. The highest BCUT2D eigenvalue weighted by molar-refractivity contribution is 7.89. The summed E-state index contributed by atoms with van der Waals surface area (Å²) in [6.07, 6.45) is 6.47. The molecule has 1 atom stereocenters. The van der Waals surface area contributed by atoms with Gasteiger partial charge in [0, 0.05) is 33.1 Å². The highest BCUT2D eigenvalue weighted by Gasteiger charge is 2.17. The van der Waals surface area contributed by atoms with Crippen LogP contribution in [0.2, 0.25) is 0 Å². The topological polar surface area (TPSA) is 184 Å². The molecule has 4 rings (SSSR count). The second kappa shape index (κ2) is 27.2. The number of hydrogen-bond acceptors (Lipinski definition) is 7. The van der Waals surface area contributed by atoms with E-state index in [2.05, 4.69) is 32.3 Å². The predicted molar refractivity (Wildman–Crippen MR) is 226 cm³/mol. The number of allylic oxidation sites excluding steroid dienone is 3. The van der Waals surface area contributed by atoms with Gasteiger partial charge in [-0.25, -0.2) is 13.6 Å². The van der Waals surface area contributed by atoms with Crippen LogP contribution in [0.15, 0.2) is 127 Å². The lowest BCUT2D eigenvalue weighted by atomic mass is 9.92. The third-order valence-corrected chi connectivity index (χ3v) is 7.80. The number of nitrogens with zero attached hydrogens (tertiary/aromatic N) is 1. The Balaban J connectivity index is 0. The summed E-state index contributed by atoms with van der Waals surface area (Å²) in [6, 6.07) is 26.8. The number of hydrogen-bond donors (Lipinski definition) is 4. The Bertz CT molecular complexity index is 1850. The molecule has 0 heterocycles. The third-order valence-electron chi connectivity index (χ3n) is 6.83. The molecule has 288 valence electrons. The number of benzene rings is 4. The molecule has 53 heavy (non-hydrogen) atoms. The highest BCUT2D eigenvalue weighted by atomic mass is 32.2. The summed E-state index contributed by atoms with van der Waals surface area (Å²) in [7, 11) is -2.96. The van der Waals surface area contributed by atoms with Crippen molar-refractivity contribution in [2.24, 2.45) is 10.9 Å². The number of nitrogens with one attached hydrogen (secondary N) is 1. The molecule has 0 saturated heterocycles. The third kappa shape index (κ3) is 19.6. The Morgan fingerprint density at radius 3 is 1.96 bits per heavy atom. The zero-order valence-corrected chi connectivity index (χ0v) is 33.5. The number of primary sulfonamides is 1. The van der Waals surface area contributed by atoms with E-state index in [4.69, 9.17) is 26.7 Å². The Labute approximate surface area is 317 Å². The summed E-state index contributed by atoms with van der Waals surface area (Å²) in [5.41, 5.74) is 18.2. The molecule has 0 aliphatic heterocycles. The molecule has 0 radical (unpaired) electrons. The largest absolute Gasteiger partial charge is 0.399 e. The Hall–Kier alpha value is -5.52. The van der Waals surface area contributed by atoms with Crippen molar-refractivity contribution in [2.75, 3.05) is 18.1 Å². The molecular weight excluding hydrogens is 687 g/mol. The van der Waals surface area contributed by atoms with Crippen LogP contribution in [0.4, 0.5) is 11.4 Å². The van der Waals surface area contributed by atoms with Gasteiger partial charge in [-0.15, -0.1) is 0 Å². The number of carbonyl (C=O) groups excluding carboxylic acids is 1. The van der Waals surface area contributed by atoms with Gasteiger partial charge in [-0.1, -0.05) is 127 Å². The van der Waals surface area contributed by atoms with E-state index in [1.165, 1.54) is 11.6 Å². The predicted octanol–water partition coefficient (Wildman–Crippen LogP) is 9.97. The SMILES string of the molecule is C=C(N)c1cccc(C)c1.C=C/C=C\C.CC.CC.CCC(C)c1cc(N)ccc1C(=O)Nc1ccc(-c2ccccc2S(N)(=O)=O)cc1.C[N+](=O)[O-]. The molecule has 10 nitrogen and oxygen atoms in total. The quantitative estimate of drug-likeness (QED) is 0.0598. The van der Waals surface area contributed by atoms with Gasteiger partial charge in [-0.2, -0.15) is 0 Å². The molecule has 0 spiro atoms. The lowest BCUT2D eigenvalue weighted by Crippen LogP contribution is -2.15. The van der Waals surface area contributed by atoms with E-state index in [9.17, 15) is 13.2 Å². The normalized spacial score (nSPS) is 10.3. The summed E-state index contributed by atoms with van der Waals surface area (Å²) < 4.78 is 23.7. The second-order valence-corrected chi connectivity index (χ2v) is 12.4. The fraction of sp³-hybridized carbons (Fsp3) is 0.262. The molecule has 4 aromatic rings. The van der Waals surface area contributed by atoms with Crippen LogP contribution in [-0.4, -0.2) is 26.3 Å². The summed E-state index contributed by atoms with van der Waals surface area (Å²) in [6.45, 7) is 23.2. The number of rotatable bonds is 8. The van der Waals surface area contributed by atoms with Gasteiger partial charge >= 0.3 is 0 Å². The summed E-state index contributed by atoms with van der Waals surface area (Å²) in [5, 5.41) is 17.0. The Kier molecular flexibility index (Phi) is 25.4. The zero-order valence-electron chi connectivity index (χ0n) is 32.7. The molecular formula is C42H59N5O5S. The molecule has 0 bridgehead atoms. The average molecular weight is 746 g/mol. The van der Waals surface area contributed by atoms with E-state index in [1.807, 2.05) is 84.0 Å². The van der Waals surface area contributed by atoms with Crippen molar-refractivity contribution < 1.29 is 18.1 Å². The average Bonchev–Trinajstić information content (AvgIpc) is 3.13. The first-order valence-corrected chi connectivity index (χ1v) is 18.9. The number of aryl methyl sites for hydroxylation is 1. The minimum atomic E-state index is -3.85. The van der Waals surface area contributed by atoms with Gasteiger partial charge in [0.25, 0.3) is 5.91 Å². The number of nitrogen functional groups attached to an aromatic ring is 1. The summed E-state index contributed by atoms with van der Waals surface area (Å²) >= 11 is 0. The van der Waals surface area contributed by atoms with Gasteiger partial charge in [-0.05, 0) is 85.3 Å². The first-order valence-electron chi connectivity index (χ1n) is 17.3. The van der Waals surface area contributed by atoms with Crippen molar-refractivity contribution in [3.05, 3.63) is 155 Å². The van der Waals surface area contributed by atoms with Crippen LogP contribution < -0.4 is 21.9 Å². The van der Waals surface area contributed by atoms with E-state index in [-0.39, 0.29) is 16.7 Å². The number of nitro groups is 1. The number of anilines is 2. The van der Waals surface area contributed by atoms with Gasteiger partial charge in [0.2, 0.25) is 10.0 Å². The van der Waals surface area contributed by atoms with Gasteiger partial charge < -0.3 is 16.8 Å². The molecule has 0 aliphatic carbocycles. The van der Waals surface area contributed by atoms with Crippen LogP contribution >= 0.6 is 0 Å². The van der Waals surface area contributed by atoms with Crippen molar-refractivity contribution in [2.45, 2.75) is 72.6 Å². The van der Waals surface area contributed by atoms with Crippen LogP contribution in [0.1, 0.15) is 87.9 Å². The van der Waals surface area contributed by atoms with Crippen molar-refractivity contribution in [1.82, 2.24) is 0 Å². The molecule has 1 amide bonds. The molecule has 4 aromatic carbocycles. The zero-order chi connectivity index (χ0) is 41.1. The molecule has 1 unspecified atom stereocenters. The maximum absolute atomic E-state index is 12.9. The fourth-order valence-electron chi connectivity index (χ4n) is 4.28. The summed E-state index contributed by atoms with van der Waals surface area (Å²) in [5.74, 6) is -0.0191. The Morgan fingerprint density at radius 1 is 0.962 bits per heavy atom. The first kappa shape index (κ1) is 49.6. The van der Waals surface area contributed by atoms with Gasteiger partial charge in [-0.3, -0.25) is 14.9 Å². The molecule has 0 saturated carbocycles. The molecule has 0 aliphatic rings. The minimum absolute atomic E-state index is 0.0573. The lowest BCUT2D eigenvalue weighted by molar-refractivity contribution is -0.445. The standard InChI is InChI=1S/C23H25N3O3S.C9H11N.C5H8.2C2H6.CH3NO2/c1-3-15(2)21-14-17(24)10-13-20(21)23(27)26-18-11-8-16(9-12-18)19-6-4-5-7-22(19)30(25,28)29;1-7-4-3-5-9(6-7)8(2)10;1-3-5-4-2;2*1-2;1-2(3)4/h4-15H,3,24H2,1-2H3,(H,26,27)(H2,25,28,29);3-6H,2,10H2,1H3;3-5H,1H2,2H3;2*1-2H3;1H3/b;;5-4-;;;. The van der Waals surface area contributed by atoms with Gasteiger partial charge in [0.15, 0.2) is 7.05 Å². The van der Waals surface area contributed by atoms with Gasteiger partial charge in [0.05, 0.1) is 4.90 Å². The van der Waals surface area contributed by atoms with Crippen molar-refractivity contribution in [3.8, 4) is 11.1 Å². The van der Waals surface area contributed by atoms with Crippen molar-refractivity contribution >= 4 is 33.0 Å². The van der Waals surface area contributed by atoms with E-state index in [0.29, 0.717) is 33.8 Å². The molecule has 7 N–H and O–H groups in total. The number of amides is 1. The molecule has 11 heteroatoms. The van der Waals surface area contributed by atoms with Crippen molar-refractivity contribution in [3.63, 3.8) is 0 Å². The highest BCUT2D eigenvalue weighted by Crippen LogP contribution is 2.29. The number of nitrogens with two attached hydrogens (primary N) is 3. The molecule has 0 fully saturated rings. The smallest absolute Gasteiger partial charge is 0.255 e. The van der Waals surface area contributed by atoms with E-state index in [1.54, 1.807) is 60.7 Å². The maximum Gasteiger partial charge on any atom is 0.255 e. The van der Waals surface area contributed by atoms with Gasteiger partial charge in [0.1, 0.15) is 0 Å². The lowest BCUT2D eigenvalue weighted by Gasteiger charge is -2.16. The fourth-order valence-corrected chi connectivity index (χ4v) is 5.04. The minimum Gasteiger partial charge on any atom is -0.399 e. The van der Waals surface area contributed by atoms with E-state index >= 15 is 0 Å². The Morgan fingerprint density at radius 2 is 1.53 bits per heavy atom. The monoisotopic (exact) mass is 745 g/mol. The number of carbonyl (C=O) groups is 1. The first-order chi connectivity index (χ1) is 25.0. The van der Waals surface area contributed by atoms with E-state index in [0.717, 1.165) is 24.6 Å². The van der Waals surface area contributed by atoms with Crippen LogP contribution in [0, 0.1) is 17.0 Å². The van der Waals surface area contributed by atoms with E-state index < -0.39 is 14.9 Å². The van der Waals surface area contributed by atoms with Crippen molar-refractivity contribution in [1.29, 1.82) is 0 Å². The summed E-state index contributed by atoms with van der Waals surface area (Å²) in [4.78, 5) is 21.2. The van der Waals surface area contributed by atoms with Crippen LogP contribution in [-0.2, 0) is 10.0 Å².